The van der Waals surface area contributed by atoms with Crippen LogP contribution in [0.1, 0.15) is 37.4 Å². The average molecular weight is 273 g/mol. The molecule has 1 heterocycles. The van der Waals surface area contributed by atoms with Gasteiger partial charge in [-0.1, -0.05) is 13.8 Å². The van der Waals surface area contributed by atoms with Gasteiger partial charge >= 0.3 is 0 Å². The van der Waals surface area contributed by atoms with E-state index in [0.29, 0.717) is 5.88 Å². The predicted molar refractivity (Wildman–Crippen MR) is 74.8 cm³/mol. The molecule has 96 valence electrons. The Labute approximate surface area is 113 Å². The van der Waals surface area contributed by atoms with Crippen LogP contribution in [0.25, 0.3) is 0 Å². The van der Waals surface area contributed by atoms with Crippen molar-refractivity contribution < 1.29 is 0 Å². The van der Waals surface area contributed by atoms with Crippen molar-refractivity contribution in [1.82, 2.24) is 9.88 Å². The molecule has 0 N–H and O–H groups in total. The molecule has 1 aliphatic rings. The summed E-state index contributed by atoms with van der Waals surface area (Å²) in [5.74, 6) is 1.29. The molecule has 0 radical (unpaired) electrons. The molecule has 1 fully saturated rings. The van der Waals surface area contributed by atoms with E-state index in [1.165, 1.54) is 24.4 Å². The lowest BCUT2D eigenvalue weighted by molar-refractivity contribution is 0.237. The maximum Gasteiger partial charge on any atom is 0.0941 e. The van der Waals surface area contributed by atoms with E-state index in [4.69, 9.17) is 11.6 Å². The van der Waals surface area contributed by atoms with Gasteiger partial charge in [-0.3, -0.25) is 4.90 Å². The van der Waals surface area contributed by atoms with E-state index in [2.05, 4.69) is 29.1 Å². The first kappa shape index (κ1) is 13.3. The van der Waals surface area contributed by atoms with Crippen molar-refractivity contribution in [3.05, 3.63) is 16.1 Å². The van der Waals surface area contributed by atoms with Gasteiger partial charge < -0.3 is 0 Å². The molecule has 2 rings (SSSR count). The lowest BCUT2D eigenvalue weighted by Crippen LogP contribution is -2.31. The second-order valence-electron chi connectivity index (χ2n) is 5.24. The van der Waals surface area contributed by atoms with Crippen LogP contribution < -0.4 is 0 Å². The molecule has 0 amide bonds. The normalized spacial score (nSPS) is 16.1. The fourth-order valence-electron chi connectivity index (χ4n) is 2.10. The first-order valence-electron chi connectivity index (χ1n) is 6.42. The van der Waals surface area contributed by atoms with E-state index in [1.807, 2.05) is 0 Å². The number of hydrogen-bond donors (Lipinski definition) is 0. The number of halogens is 1. The lowest BCUT2D eigenvalue weighted by Gasteiger charge is -2.23. The number of alkyl halides is 1. The summed E-state index contributed by atoms with van der Waals surface area (Å²) < 4.78 is 0. The van der Waals surface area contributed by atoms with Crippen LogP contribution in [0.4, 0.5) is 0 Å². The number of hydrogen-bond acceptors (Lipinski definition) is 3. The van der Waals surface area contributed by atoms with Crippen LogP contribution in [0, 0.1) is 5.92 Å². The molecule has 0 aliphatic heterocycles. The third-order valence-electron chi connectivity index (χ3n) is 3.01. The van der Waals surface area contributed by atoms with Crippen LogP contribution in [-0.4, -0.2) is 29.0 Å². The Bertz CT molecular complexity index is 347. The highest BCUT2D eigenvalue weighted by molar-refractivity contribution is 7.09. The van der Waals surface area contributed by atoms with Crippen LogP contribution >= 0.6 is 22.9 Å². The van der Waals surface area contributed by atoms with Crippen molar-refractivity contribution >= 4 is 22.9 Å². The molecule has 1 aromatic rings. The van der Waals surface area contributed by atoms with Gasteiger partial charge in [0.15, 0.2) is 0 Å². The van der Waals surface area contributed by atoms with Crippen LogP contribution in [0.15, 0.2) is 5.38 Å². The van der Waals surface area contributed by atoms with Crippen molar-refractivity contribution in [3.8, 4) is 0 Å². The van der Waals surface area contributed by atoms with Crippen LogP contribution in [0.5, 0.6) is 0 Å². The summed E-state index contributed by atoms with van der Waals surface area (Å²) in [5.41, 5.74) is 1.02. The second kappa shape index (κ2) is 6.17. The molecular formula is C13H21ClN2S. The summed E-state index contributed by atoms with van der Waals surface area (Å²) in [4.78, 5) is 7.15. The van der Waals surface area contributed by atoms with E-state index in [0.717, 1.165) is 30.6 Å². The molecule has 0 spiro atoms. The maximum atomic E-state index is 5.77. The molecule has 2 nitrogen and oxygen atoms in total. The highest BCUT2D eigenvalue weighted by atomic mass is 35.5. The van der Waals surface area contributed by atoms with Gasteiger partial charge in [0.05, 0.1) is 16.6 Å². The minimum absolute atomic E-state index is 0.537. The van der Waals surface area contributed by atoms with E-state index in [-0.39, 0.29) is 0 Å². The van der Waals surface area contributed by atoms with E-state index >= 15 is 0 Å². The van der Waals surface area contributed by atoms with Gasteiger partial charge in [-0.2, -0.15) is 0 Å². The van der Waals surface area contributed by atoms with Gasteiger partial charge in [-0.15, -0.1) is 22.9 Å². The largest absolute Gasteiger partial charge is 0.300 e. The van der Waals surface area contributed by atoms with Crippen LogP contribution in [-0.2, 0) is 12.3 Å². The zero-order chi connectivity index (χ0) is 12.3. The van der Waals surface area contributed by atoms with Crippen molar-refractivity contribution in [2.24, 2.45) is 5.92 Å². The van der Waals surface area contributed by atoms with E-state index in [9.17, 15) is 0 Å². The predicted octanol–water partition coefficient (Wildman–Crippen LogP) is 3.54. The number of aromatic nitrogens is 1. The van der Waals surface area contributed by atoms with Gasteiger partial charge in [-0.25, -0.2) is 4.98 Å². The summed E-state index contributed by atoms with van der Waals surface area (Å²) in [6.07, 6.45) is 3.85. The number of rotatable bonds is 7. The Balaban J connectivity index is 1.81. The first-order valence-corrected chi connectivity index (χ1v) is 7.83. The van der Waals surface area contributed by atoms with Gasteiger partial charge in [0.1, 0.15) is 0 Å². The molecule has 17 heavy (non-hydrogen) atoms. The van der Waals surface area contributed by atoms with Crippen LogP contribution in [0.3, 0.4) is 0 Å². The molecule has 0 unspecified atom stereocenters. The van der Waals surface area contributed by atoms with Gasteiger partial charge in [0.25, 0.3) is 0 Å². The zero-order valence-electron chi connectivity index (χ0n) is 10.7. The number of thiazole rings is 1. The summed E-state index contributed by atoms with van der Waals surface area (Å²) in [6.45, 7) is 6.96. The molecule has 0 saturated heterocycles. The van der Waals surface area contributed by atoms with Crippen molar-refractivity contribution in [1.29, 1.82) is 0 Å². The molecule has 0 aromatic carbocycles. The molecule has 4 heteroatoms. The quantitative estimate of drug-likeness (QED) is 0.706. The average Bonchev–Trinajstić information content (AvgIpc) is 3.03. The smallest absolute Gasteiger partial charge is 0.0941 e. The Morgan fingerprint density at radius 3 is 2.82 bits per heavy atom. The lowest BCUT2D eigenvalue weighted by atomic mass is 10.2. The fourth-order valence-corrected chi connectivity index (χ4v) is 3.11. The van der Waals surface area contributed by atoms with Gasteiger partial charge in [0.2, 0.25) is 0 Å². The molecular weight excluding hydrogens is 252 g/mol. The Hall–Kier alpha value is -0.120. The molecule has 1 saturated carbocycles. The summed E-state index contributed by atoms with van der Waals surface area (Å²) in [6, 6.07) is 0.852. The van der Waals surface area contributed by atoms with E-state index in [1.54, 1.807) is 11.3 Å². The van der Waals surface area contributed by atoms with Crippen LogP contribution in [0.2, 0.25) is 0 Å². The minimum atomic E-state index is 0.537. The first-order chi connectivity index (χ1) is 8.19. The monoisotopic (exact) mass is 272 g/mol. The summed E-state index contributed by atoms with van der Waals surface area (Å²) in [5, 5.41) is 3.31. The zero-order valence-corrected chi connectivity index (χ0v) is 12.2. The fraction of sp³-hybridized carbons (Fsp3) is 0.769. The Morgan fingerprint density at radius 2 is 2.29 bits per heavy atom. The Morgan fingerprint density at radius 1 is 1.53 bits per heavy atom. The summed E-state index contributed by atoms with van der Waals surface area (Å²) in [7, 11) is 0. The highest BCUT2D eigenvalue weighted by Gasteiger charge is 2.28. The maximum absolute atomic E-state index is 5.77. The van der Waals surface area contributed by atoms with Gasteiger partial charge in [0, 0.05) is 30.9 Å². The molecule has 0 bridgehead atoms. The topological polar surface area (TPSA) is 16.1 Å². The van der Waals surface area contributed by atoms with Gasteiger partial charge in [-0.05, 0) is 18.8 Å². The molecule has 0 atom stereocenters. The van der Waals surface area contributed by atoms with E-state index < -0.39 is 0 Å². The highest BCUT2D eigenvalue weighted by Crippen LogP contribution is 2.27. The Kier molecular flexibility index (Phi) is 4.83. The van der Waals surface area contributed by atoms with Crippen molar-refractivity contribution in [3.63, 3.8) is 0 Å². The standard InChI is InChI=1S/C13H21ClN2S/c1-10(2)8-16(12-3-4-12)6-5-13-15-11(7-14)9-17-13/h9-10,12H,3-8H2,1-2H3. The van der Waals surface area contributed by atoms with Crippen molar-refractivity contribution in [2.45, 2.75) is 45.0 Å². The number of nitrogens with zero attached hydrogens (tertiary/aromatic N) is 2. The summed E-state index contributed by atoms with van der Waals surface area (Å²) >= 11 is 7.51. The third-order valence-corrected chi connectivity index (χ3v) is 4.24. The second-order valence-corrected chi connectivity index (χ2v) is 6.45. The van der Waals surface area contributed by atoms with Crippen molar-refractivity contribution in [2.75, 3.05) is 13.1 Å². The third kappa shape index (κ3) is 4.23. The molecule has 1 aliphatic carbocycles. The SMILES string of the molecule is CC(C)CN(CCc1nc(CCl)cs1)C1CC1. The minimum Gasteiger partial charge on any atom is -0.300 e. The molecule has 1 aromatic heterocycles.